The maximum absolute atomic E-state index is 13.1. The molecule has 0 bridgehead atoms. The Kier molecular flexibility index (Phi) is 5.76. The summed E-state index contributed by atoms with van der Waals surface area (Å²) in [4.78, 5) is 20.3. The smallest absolute Gasteiger partial charge is 0.228 e. The van der Waals surface area contributed by atoms with Crippen LogP contribution in [0.4, 0.5) is 16.2 Å². The maximum Gasteiger partial charge on any atom is 0.228 e. The van der Waals surface area contributed by atoms with Crippen LogP contribution in [0.3, 0.4) is 0 Å². The molecule has 1 aliphatic rings. The van der Waals surface area contributed by atoms with Gasteiger partial charge >= 0.3 is 0 Å². The second-order valence-corrected chi connectivity index (χ2v) is 7.61. The molecule has 7 heteroatoms. The zero-order chi connectivity index (χ0) is 20.2. The number of nitrogens with one attached hydrogen (secondary N) is 1. The number of aromatic nitrogens is 4. The summed E-state index contributed by atoms with van der Waals surface area (Å²) in [6, 6.07) is 8.70. The van der Waals surface area contributed by atoms with Crippen molar-refractivity contribution < 1.29 is 4.39 Å². The summed E-state index contributed by atoms with van der Waals surface area (Å²) in [5.74, 6) is 1.41. The average Bonchev–Trinajstić information content (AvgIpc) is 2.70. The SMILES string of the molecule is Cc1cc(C)nc(Nc2cncc(C3CCN(Cc4ccc(F)cc4)CC3)n2)n1. The first-order valence-corrected chi connectivity index (χ1v) is 9.93. The maximum atomic E-state index is 13.1. The molecular weight excluding hydrogens is 367 g/mol. The summed E-state index contributed by atoms with van der Waals surface area (Å²) in [7, 11) is 0. The monoisotopic (exact) mass is 392 g/mol. The number of benzene rings is 1. The third kappa shape index (κ3) is 5.12. The van der Waals surface area contributed by atoms with Gasteiger partial charge in [-0.3, -0.25) is 9.88 Å². The highest BCUT2D eigenvalue weighted by Gasteiger charge is 2.22. The second-order valence-electron chi connectivity index (χ2n) is 7.61. The Bertz CT molecular complexity index is 947. The Hall–Kier alpha value is -2.93. The highest BCUT2D eigenvalue weighted by atomic mass is 19.1. The molecule has 150 valence electrons. The van der Waals surface area contributed by atoms with Gasteiger partial charge in [0.05, 0.1) is 11.9 Å². The van der Waals surface area contributed by atoms with E-state index in [1.165, 1.54) is 12.1 Å². The van der Waals surface area contributed by atoms with Gasteiger partial charge in [-0.15, -0.1) is 0 Å². The van der Waals surface area contributed by atoms with Crippen molar-refractivity contribution in [3.63, 3.8) is 0 Å². The van der Waals surface area contributed by atoms with Crippen molar-refractivity contribution in [2.24, 2.45) is 0 Å². The Balaban J connectivity index is 1.37. The Labute approximate surface area is 170 Å². The number of nitrogens with zero attached hydrogens (tertiary/aromatic N) is 5. The quantitative estimate of drug-likeness (QED) is 0.704. The minimum atomic E-state index is -0.189. The van der Waals surface area contributed by atoms with Crippen molar-refractivity contribution in [2.75, 3.05) is 18.4 Å². The van der Waals surface area contributed by atoms with E-state index >= 15 is 0 Å². The highest BCUT2D eigenvalue weighted by molar-refractivity contribution is 5.46. The van der Waals surface area contributed by atoms with Gasteiger partial charge in [0.2, 0.25) is 5.95 Å². The first kappa shape index (κ1) is 19.4. The van der Waals surface area contributed by atoms with Gasteiger partial charge in [0.25, 0.3) is 0 Å². The Morgan fingerprint density at radius 3 is 2.38 bits per heavy atom. The highest BCUT2D eigenvalue weighted by Crippen LogP contribution is 2.28. The molecule has 1 aliphatic heterocycles. The molecule has 2 aromatic heterocycles. The minimum Gasteiger partial charge on any atom is -0.307 e. The molecule has 0 radical (unpaired) electrons. The van der Waals surface area contributed by atoms with E-state index in [1.807, 2.05) is 38.2 Å². The van der Waals surface area contributed by atoms with Gasteiger partial charge < -0.3 is 5.32 Å². The summed E-state index contributed by atoms with van der Waals surface area (Å²) in [5, 5.41) is 3.17. The van der Waals surface area contributed by atoms with Crippen molar-refractivity contribution in [1.29, 1.82) is 0 Å². The summed E-state index contributed by atoms with van der Waals surface area (Å²) in [6.45, 7) is 6.72. The zero-order valence-corrected chi connectivity index (χ0v) is 16.8. The molecule has 1 fully saturated rings. The fourth-order valence-corrected chi connectivity index (χ4v) is 3.77. The molecule has 6 nitrogen and oxygen atoms in total. The summed E-state index contributed by atoms with van der Waals surface area (Å²) >= 11 is 0. The first-order valence-electron chi connectivity index (χ1n) is 9.93. The fraction of sp³-hybridized carbons (Fsp3) is 0.364. The number of halogens is 1. The largest absolute Gasteiger partial charge is 0.307 e. The van der Waals surface area contributed by atoms with Crippen LogP contribution >= 0.6 is 0 Å². The zero-order valence-electron chi connectivity index (χ0n) is 16.8. The van der Waals surface area contributed by atoms with Crippen molar-refractivity contribution in [2.45, 2.75) is 39.2 Å². The Morgan fingerprint density at radius 1 is 1.00 bits per heavy atom. The average molecular weight is 392 g/mol. The third-order valence-electron chi connectivity index (χ3n) is 5.20. The van der Waals surface area contributed by atoms with Crippen molar-refractivity contribution >= 4 is 11.8 Å². The summed E-state index contributed by atoms with van der Waals surface area (Å²) in [6.07, 6.45) is 5.61. The molecule has 0 amide bonds. The number of likely N-dealkylation sites (tertiary alicyclic amines) is 1. The molecule has 4 rings (SSSR count). The number of hydrogen-bond donors (Lipinski definition) is 1. The first-order chi connectivity index (χ1) is 14.0. The molecule has 1 saturated heterocycles. The van der Waals surface area contributed by atoms with Crippen LogP contribution in [0.5, 0.6) is 0 Å². The topological polar surface area (TPSA) is 66.8 Å². The van der Waals surface area contributed by atoms with Crippen molar-refractivity contribution in [3.8, 4) is 0 Å². The molecule has 3 heterocycles. The molecule has 0 saturated carbocycles. The van der Waals surface area contributed by atoms with Crippen LogP contribution in [0, 0.1) is 19.7 Å². The van der Waals surface area contributed by atoms with E-state index in [2.05, 4.69) is 25.2 Å². The molecule has 1 aromatic carbocycles. The van der Waals surface area contributed by atoms with Gasteiger partial charge in [-0.05, 0) is 63.5 Å². The molecule has 0 spiro atoms. The van der Waals surface area contributed by atoms with Crippen LogP contribution < -0.4 is 5.32 Å². The number of hydrogen-bond acceptors (Lipinski definition) is 6. The summed E-state index contributed by atoms with van der Waals surface area (Å²) < 4.78 is 13.1. The third-order valence-corrected chi connectivity index (χ3v) is 5.20. The predicted molar refractivity (Wildman–Crippen MR) is 110 cm³/mol. The van der Waals surface area contributed by atoms with Gasteiger partial charge in [-0.1, -0.05) is 12.1 Å². The van der Waals surface area contributed by atoms with Crippen LogP contribution in [-0.4, -0.2) is 37.9 Å². The number of piperidine rings is 1. The number of anilines is 2. The predicted octanol–water partition coefficient (Wildman–Crippen LogP) is 4.15. The molecule has 0 atom stereocenters. The normalized spacial score (nSPS) is 15.4. The van der Waals surface area contributed by atoms with Gasteiger partial charge in [-0.25, -0.2) is 19.3 Å². The van der Waals surface area contributed by atoms with E-state index < -0.39 is 0 Å². The van der Waals surface area contributed by atoms with E-state index in [-0.39, 0.29) is 5.82 Å². The van der Waals surface area contributed by atoms with E-state index in [4.69, 9.17) is 4.98 Å². The van der Waals surface area contributed by atoms with Gasteiger partial charge in [0, 0.05) is 30.0 Å². The van der Waals surface area contributed by atoms with Crippen LogP contribution in [0.15, 0.2) is 42.7 Å². The van der Waals surface area contributed by atoms with E-state index in [0.717, 1.165) is 55.1 Å². The molecule has 1 N–H and O–H groups in total. The van der Waals surface area contributed by atoms with Crippen LogP contribution in [0.25, 0.3) is 0 Å². The molecule has 0 unspecified atom stereocenters. The lowest BCUT2D eigenvalue weighted by Crippen LogP contribution is -2.32. The summed E-state index contributed by atoms with van der Waals surface area (Å²) in [5.41, 5.74) is 3.97. The second kappa shape index (κ2) is 8.61. The van der Waals surface area contributed by atoms with E-state index in [0.29, 0.717) is 17.7 Å². The molecular formula is C22H25FN6. The molecule has 29 heavy (non-hydrogen) atoms. The fourth-order valence-electron chi connectivity index (χ4n) is 3.77. The van der Waals surface area contributed by atoms with Crippen LogP contribution in [-0.2, 0) is 6.54 Å². The number of aryl methyl sites for hydroxylation is 2. The lowest BCUT2D eigenvalue weighted by atomic mass is 9.93. The minimum absolute atomic E-state index is 0.189. The van der Waals surface area contributed by atoms with Gasteiger partial charge in [0.1, 0.15) is 5.82 Å². The van der Waals surface area contributed by atoms with E-state index in [9.17, 15) is 4.39 Å². The Morgan fingerprint density at radius 2 is 1.69 bits per heavy atom. The van der Waals surface area contributed by atoms with E-state index in [1.54, 1.807) is 6.20 Å². The standard InChI is InChI=1S/C22H25FN6/c1-15-11-16(2)26-22(25-15)28-21-13-24-12-20(27-21)18-7-9-29(10-8-18)14-17-3-5-19(23)6-4-17/h3-6,11-13,18H,7-10,14H2,1-2H3,(H,25,26,27,28). The lowest BCUT2D eigenvalue weighted by molar-refractivity contribution is 0.203. The molecule has 0 aliphatic carbocycles. The van der Waals surface area contributed by atoms with Crippen LogP contribution in [0.2, 0.25) is 0 Å². The van der Waals surface area contributed by atoms with Crippen LogP contribution in [0.1, 0.15) is 41.4 Å². The number of rotatable bonds is 5. The molecule has 3 aromatic rings. The van der Waals surface area contributed by atoms with Gasteiger partial charge in [-0.2, -0.15) is 0 Å². The van der Waals surface area contributed by atoms with Crippen molar-refractivity contribution in [3.05, 3.63) is 71.2 Å². The lowest BCUT2D eigenvalue weighted by Gasteiger charge is -2.31. The van der Waals surface area contributed by atoms with Crippen molar-refractivity contribution in [1.82, 2.24) is 24.8 Å². The van der Waals surface area contributed by atoms with Gasteiger partial charge in [0.15, 0.2) is 5.82 Å².